The molecule has 31 heavy (non-hydrogen) atoms. The molecule has 1 heterocycles. The predicted octanol–water partition coefficient (Wildman–Crippen LogP) is 6.87. The van der Waals surface area contributed by atoms with E-state index in [-0.39, 0.29) is 5.56 Å². The normalized spacial score (nSPS) is 11.2. The molecular weight excluding hydrogens is 389 g/mol. The van der Waals surface area contributed by atoms with Crippen LogP contribution < -0.4 is 0 Å². The first-order chi connectivity index (χ1) is 15.0. The molecule has 5 rings (SSSR count). The van der Waals surface area contributed by atoms with Crippen LogP contribution in [0.4, 0.5) is 4.39 Å². The highest BCUT2D eigenvalue weighted by atomic mass is 19.1. The first-order valence-electron chi connectivity index (χ1n) is 9.95. The number of halogens is 1. The van der Waals surface area contributed by atoms with E-state index in [4.69, 9.17) is 4.98 Å². The molecule has 0 atom stereocenters. The van der Waals surface area contributed by atoms with Gasteiger partial charge in [0, 0.05) is 10.9 Å². The van der Waals surface area contributed by atoms with Gasteiger partial charge in [0.15, 0.2) is 0 Å². The number of carboxylic acid groups (broad SMARTS) is 1. The molecule has 0 amide bonds. The highest BCUT2D eigenvalue weighted by Crippen LogP contribution is 2.37. The Kier molecular flexibility index (Phi) is 4.48. The minimum atomic E-state index is -1.10. The quantitative estimate of drug-likeness (QED) is 0.355. The third kappa shape index (κ3) is 3.13. The fourth-order valence-corrected chi connectivity index (χ4v) is 4.25. The van der Waals surface area contributed by atoms with E-state index in [1.807, 2.05) is 42.5 Å². The van der Waals surface area contributed by atoms with Crippen molar-refractivity contribution < 1.29 is 14.3 Å². The number of hydrogen-bond donors (Lipinski definition) is 1. The van der Waals surface area contributed by atoms with Gasteiger partial charge in [-0.2, -0.15) is 0 Å². The molecule has 0 spiro atoms. The van der Waals surface area contributed by atoms with E-state index in [2.05, 4.69) is 24.3 Å². The maximum atomic E-state index is 13.8. The molecule has 1 N–H and O–H groups in total. The van der Waals surface area contributed by atoms with E-state index < -0.39 is 11.8 Å². The highest BCUT2D eigenvalue weighted by molar-refractivity contribution is 6.09. The predicted molar refractivity (Wildman–Crippen MR) is 122 cm³/mol. The second kappa shape index (κ2) is 7.33. The Morgan fingerprint density at radius 1 is 0.806 bits per heavy atom. The van der Waals surface area contributed by atoms with Gasteiger partial charge in [0.25, 0.3) is 0 Å². The summed E-state index contributed by atoms with van der Waals surface area (Å²) in [5.74, 6) is -1.58. The molecule has 4 heteroatoms. The maximum Gasteiger partial charge on any atom is 0.336 e. The zero-order chi connectivity index (χ0) is 21.5. The molecule has 0 bridgehead atoms. The monoisotopic (exact) mass is 407 g/mol. The first-order valence-corrected chi connectivity index (χ1v) is 9.95. The van der Waals surface area contributed by atoms with Gasteiger partial charge in [0.1, 0.15) is 5.82 Å². The molecule has 1 aromatic heterocycles. The van der Waals surface area contributed by atoms with E-state index in [9.17, 15) is 14.3 Å². The molecule has 0 aliphatic rings. The van der Waals surface area contributed by atoms with E-state index in [1.165, 1.54) is 18.2 Å². The lowest BCUT2D eigenvalue weighted by Gasteiger charge is -2.15. The number of carbonyl (C=O) groups is 1. The standard InChI is InChI=1S/C27H18FNO2/c1-16-25(27(30)31)23-15-18(28)13-14-24(23)29-26(16)22-12-6-10-20-19(9-5-11-21(20)22)17-7-3-2-4-8-17/h2-15H,1H3,(H,30,31). The summed E-state index contributed by atoms with van der Waals surface area (Å²) in [6.45, 7) is 1.73. The van der Waals surface area contributed by atoms with Crippen molar-refractivity contribution in [2.24, 2.45) is 0 Å². The number of nitrogens with zero attached hydrogens (tertiary/aromatic N) is 1. The summed E-state index contributed by atoms with van der Waals surface area (Å²) < 4.78 is 13.8. The topological polar surface area (TPSA) is 50.2 Å². The van der Waals surface area contributed by atoms with Gasteiger partial charge in [0.05, 0.1) is 16.8 Å². The van der Waals surface area contributed by atoms with Crippen molar-refractivity contribution in [3.63, 3.8) is 0 Å². The molecule has 5 aromatic rings. The largest absolute Gasteiger partial charge is 0.478 e. The second-order valence-corrected chi connectivity index (χ2v) is 7.50. The van der Waals surface area contributed by atoms with Gasteiger partial charge in [-0.05, 0) is 52.6 Å². The van der Waals surface area contributed by atoms with Gasteiger partial charge in [-0.1, -0.05) is 66.7 Å². The van der Waals surface area contributed by atoms with Crippen molar-refractivity contribution in [2.75, 3.05) is 0 Å². The highest BCUT2D eigenvalue weighted by Gasteiger charge is 2.20. The lowest BCUT2D eigenvalue weighted by atomic mass is 9.91. The number of fused-ring (bicyclic) bond motifs is 2. The average Bonchev–Trinajstić information content (AvgIpc) is 2.78. The van der Waals surface area contributed by atoms with Gasteiger partial charge in [-0.3, -0.25) is 0 Å². The van der Waals surface area contributed by atoms with Crippen molar-refractivity contribution in [3.05, 3.63) is 102 Å². The minimum Gasteiger partial charge on any atom is -0.478 e. The third-order valence-corrected chi connectivity index (χ3v) is 5.67. The van der Waals surface area contributed by atoms with Crippen LogP contribution in [0.25, 0.3) is 44.1 Å². The minimum absolute atomic E-state index is 0.0794. The third-order valence-electron chi connectivity index (χ3n) is 5.67. The average molecular weight is 407 g/mol. The molecule has 0 saturated carbocycles. The van der Waals surface area contributed by atoms with E-state index in [1.54, 1.807) is 6.92 Å². The van der Waals surface area contributed by atoms with Crippen LogP contribution in [0.15, 0.2) is 84.9 Å². The van der Waals surface area contributed by atoms with Crippen LogP contribution in [-0.2, 0) is 0 Å². The Labute approximate surface area is 178 Å². The SMILES string of the molecule is Cc1c(-c2cccc3c(-c4ccccc4)cccc23)nc2ccc(F)cc2c1C(=O)O. The molecule has 0 aliphatic heterocycles. The smallest absolute Gasteiger partial charge is 0.336 e. The summed E-state index contributed by atoms with van der Waals surface area (Å²) in [4.78, 5) is 16.8. The van der Waals surface area contributed by atoms with Crippen LogP contribution in [0.2, 0.25) is 0 Å². The van der Waals surface area contributed by atoms with Crippen LogP contribution in [0.1, 0.15) is 15.9 Å². The number of rotatable bonds is 3. The molecule has 150 valence electrons. The van der Waals surface area contributed by atoms with E-state index >= 15 is 0 Å². The van der Waals surface area contributed by atoms with Gasteiger partial charge >= 0.3 is 5.97 Å². The Hall–Kier alpha value is -4.05. The van der Waals surface area contributed by atoms with Gasteiger partial charge < -0.3 is 5.11 Å². The lowest BCUT2D eigenvalue weighted by Crippen LogP contribution is -2.05. The Balaban J connectivity index is 1.84. The molecule has 0 saturated heterocycles. The molecule has 0 unspecified atom stereocenters. The Morgan fingerprint density at radius 2 is 1.48 bits per heavy atom. The summed E-state index contributed by atoms with van der Waals surface area (Å²) in [6.07, 6.45) is 0. The fourth-order valence-electron chi connectivity index (χ4n) is 4.25. The van der Waals surface area contributed by atoms with Crippen molar-refractivity contribution in [3.8, 4) is 22.4 Å². The van der Waals surface area contributed by atoms with Gasteiger partial charge in [0.2, 0.25) is 0 Å². The van der Waals surface area contributed by atoms with Crippen molar-refractivity contribution in [2.45, 2.75) is 6.92 Å². The van der Waals surface area contributed by atoms with Crippen LogP contribution in [-0.4, -0.2) is 16.1 Å². The second-order valence-electron chi connectivity index (χ2n) is 7.50. The molecule has 0 fully saturated rings. The number of aromatic carboxylic acids is 1. The molecule has 4 aromatic carbocycles. The van der Waals surface area contributed by atoms with Crippen LogP contribution in [0, 0.1) is 12.7 Å². The number of pyridine rings is 1. The summed E-state index contributed by atoms with van der Waals surface area (Å²) >= 11 is 0. The maximum absolute atomic E-state index is 13.8. The number of carboxylic acids is 1. The number of hydrogen-bond acceptors (Lipinski definition) is 2. The lowest BCUT2D eigenvalue weighted by molar-refractivity contribution is 0.0698. The van der Waals surface area contributed by atoms with Crippen LogP contribution in [0.5, 0.6) is 0 Å². The van der Waals surface area contributed by atoms with Gasteiger partial charge in [-0.15, -0.1) is 0 Å². The molecule has 0 aliphatic carbocycles. The van der Waals surface area contributed by atoms with E-state index in [0.29, 0.717) is 22.2 Å². The number of benzene rings is 4. The molecular formula is C27H18FNO2. The summed E-state index contributed by atoms with van der Waals surface area (Å²) in [7, 11) is 0. The molecule has 3 nitrogen and oxygen atoms in total. The summed E-state index contributed by atoms with van der Waals surface area (Å²) in [5.41, 5.74) is 4.69. The van der Waals surface area contributed by atoms with Crippen molar-refractivity contribution in [1.29, 1.82) is 0 Å². The summed E-state index contributed by atoms with van der Waals surface area (Å²) in [6, 6.07) is 26.3. The van der Waals surface area contributed by atoms with E-state index in [0.717, 1.165) is 27.5 Å². The van der Waals surface area contributed by atoms with Crippen LogP contribution >= 0.6 is 0 Å². The Morgan fingerprint density at radius 3 is 2.19 bits per heavy atom. The van der Waals surface area contributed by atoms with Crippen LogP contribution in [0.3, 0.4) is 0 Å². The zero-order valence-corrected chi connectivity index (χ0v) is 16.8. The zero-order valence-electron chi connectivity index (χ0n) is 16.8. The van der Waals surface area contributed by atoms with Crippen molar-refractivity contribution >= 4 is 27.6 Å². The Bertz CT molecular complexity index is 1480. The fraction of sp³-hybridized carbons (Fsp3) is 0.0370. The summed E-state index contributed by atoms with van der Waals surface area (Å²) in [5, 5.41) is 12.2. The molecule has 0 radical (unpaired) electrons. The first kappa shape index (κ1) is 18.9. The van der Waals surface area contributed by atoms with Gasteiger partial charge in [-0.25, -0.2) is 14.2 Å². The number of aromatic nitrogens is 1. The van der Waals surface area contributed by atoms with Crippen molar-refractivity contribution in [1.82, 2.24) is 4.98 Å².